The molecule has 0 unspecified atom stereocenters. The van der Waals surface area contributed by atoms with E-state index in [1.54, 1.807) is 0 Å². The molecule has 0 spiro atoms. The second-order valence-corrected chi connectivity index (χ2v) is 5.29. The molecule has 0 bridgehead atoms. The number of rotatable bonds is 3. The second-order valence-electron chi connectivity index (χ2n) is 5.29. The smallest absolute Gasteiger partial charge is 0.308 e. The molecule has 0 aromatic rings. The van der Waals surface area contributed by atoms with E-state index >= 15 is 0 Å². The molecular weight excluding hydrogens is 190 g/mol. The van der Waals surface area contributed by atoms with Gasteiger partial charge in [-0.25, -0.2) is 0 Å². The van der Waals surface area contributed by atoms with Crippen molar-refractivity contribution in [1.29, 1.82) is 0 Å². The maximum Gasteiger partial charge on any atom is 0.308 e. The van der Waals surface area contributed by atoms with Gasteiger partial charge in [0, 0.05) is 12.1 Å². The Morgan fingerprint density at radius 3 is 2.47 bits per heavy atom. The van der Waals surface area contributed by atoms with Gasteiger partial charge in [-0.1, -0.05) is 13.8 Å². The van der Waals surface area contributed by atoms with Gasteiger partial charge in [0.2, 0.25) is 0 Å². The average Bonchev–Trinajstić information content (AvgIpc) is 2.99. The van der Waals surface area contributed by atoms with Crippen LogP contribution in [0.5, 0.6) is 0 Å². The van der Waals surface area contributed by atoms with Crippen LogP contribution in [-0.4, -0.2) is 34.6 Å². The first kappa shape index (κ1) is 10.9. The van der Waals surface area contributed by atoms with E-state index in [-0.39, 0.29) is 12.0 Å². The molecule has 1 aliphatic heterocycles. The Hall–Kier alpha value is -0.570. The van der Waals surface area contributed by atoms with Crippen LogP contribution in [0.2, 0.25) is 0 Å². The van der Waals surface area contributed by atoms with Crippen molar-refractivity contribution >= 4 is 5.97 Å². The fourth-order valence-electron chi connectivity index (χ4n) is 2.99. The van der Waals surface area contributed by atoms with Crippen molar-refractivity contribution in [2.75, 3.05) is 6.54 Å². The number of aliphatic carboxylic acids is 1. The molecule has 0 aromatic heterocycles. The molecular formula is C12H21NO2. The zero-order chi connectivity index (χ0) is 11.0. The lowest BCUT2D eigenvalue weighted by molar-refractivity contribution is -0.147. The molecule has 0 radical (unpaired) electrons. The SMILES string of the molecule is CC(C)[C@@H]1[C@@H](C(=O)O)CCCN1C1CC1. The van der Waals surface area contributed by atoms with Crippen LogP contribution in [0.4, 0.5) is 0 Å². The van der Waals surface area contributed by atoms with Crippen molar-refractivity contribution in [1.82, 2.24) is 4.90 Å². The predicted molar refractivity (Wildman–Crippen MR) is 58.7 cm³/mol. The highest BCUT2D eigenvalue weighted by Crippen LogP contribution is 2.37. The van der Waals surface area contributed by atoms with Crippen LogP contribution in [0.15, 0.2) is 0 Å². The van der Waals surface area contributed by atoms with E-state index in [1.165, 1.54) is 12.8 Å². The number of piperidine rings is 1. The maximum absolute atomic E-state index is 11.2. The van der Waals surface area contributed by atoms with Gasteiger partial charge in [0.05, 0.1) is 5.92 Å². The summed E-state index contributed by atoms with van der Waals surface area (Å²) in [7, 11) is 0. The van der Waals surface area contributed by atoms with E-state index in [9.17, 15) is 9.90 Å². The predicted octanol–water partition coefficient (Wildman–Crippen LogP) is 1.97. The fourth-order valence-corrected chi connectivity index (χ4v) is 2.99. The Balaban J connectivity index is 2.13. The maximum atomic E-state index is 11.2. The summed E-state index contributed by atoms with van der Waals surface area (Å²) in [4.78, 5) is 13.7. The Morgan fingerprint density at radius 1 is 1.33 bits per heavy atom. The molecule has 1 saturated heterocycles. The number of likely N-dealkylation sites (tertiary alicyclic amines) is 1. The summed E-state index contributed by atoms with van der Waals surface area (Å²) in [5.74, 6) is -0.287. The quantitative estimate of drug-likeness (QED) is 0.776. The van der Waals surface area contributed by atoms with Gasteiger partial charge in [0.25, 0.3) is 0 Å². The van der Waals surface area contributed by atoms with Gasteiger partial charge in [0.1, 0.15) is 0 Å². The van der Waals surface area contributed by atoms with Gasteiger partial charge in [-0.05, 0) is 38.1 Å². The molecule has 15 heavy (non-hydrogen) atoms. The molecule has 2 fully saturated rings. The Bertz CT molecular complexity index is 248. The summed E-state index contributed by atoms with van der Waals surface area (Å²) in [6, 6.07) is 0.961. The van der Waals surface area contributed by atoms with E-state index in [2.05, 4.69) is 18.7 Å². The highest BCUT2D eigenvalue weighted by molar-refractivity contribution is 5.71. The zero-order valence-corrected chi connectivity index (χ0v) is 9.65. The monoisotopic (exact) mass is 211 g/mol. The topological polar surface area (TPSA) is 40.5 Å². The number of carbonyl (C=O) groups is 1. The molecule has 1 saturated carbocycles. The molecule has 86 valence electrons. The highest BCUT2D eigenvalue weighted by atomic mass is 16.4. The number of carboxylic acids is 1. The molecule has 3 nitrogen and oxygen atoms in total. The van der Waals surface area contributed by atoms with Crippen molar-refractivity contribution in [3.05, 3.63) is 0 Å². The minimum atomic E-state index is -0.598. The molecule has 2 rings (SSSR count). The van der Waals surface area contributed by atoms with Gasteiger partial charge in [-0.3, -0.25) is 9.69 Å². The molecule has 1 N–H and O–H groups in total. The third-order valence-corrected chi connectivity index (χ3v) is 3.74. The average molecular weight is 211 g/mol. The molecule has 0 aromatic carbocycles. The number of hydrogen-bond acceptors (Lipinski definition) is 2. The molecule has 2 aliphatic rings. The Labute approximate surface area is 91.5 Å². The zero-order valence-electron chi connectivity index (χ0n) is 9.65. The molecule has 1 aliphatic carbocycles. The van der Waals surface area contributed by atoms with Crippen molar-refractivity contribution in [3.63, 3.8) is 0 Å². The van der Waals surface area contributed by atoms with Crippen molar-refractivity contribution in [2.24, 2.45) is 11.8 Å². The molecule has 0 amide bonds. The van der Waals surface area contributed by atoms with Gasteiger partial charge in [0.15, 0.2) is 0 Å². The fraction of sp³-hybridized carbons (Fsp3) is 0.917. The Morgan fingerprint density at radius 2 is 2.00 bits per heavy atom. The van der Waals surface area contributed by atoms with Gasteiger partial charge >= 0.3 is 5.97 Å². The van der Waals surface area contributed by atoms with Crippen LogP contribution in [0, 0.1) is 11.8 Å². The second kappa shape index (κ2) is 4.12. The van der Waals surface area contributed by atoms with Crippen molar-refractivity contribution < 1.29 is 9.90 Å². The lowest BCUT2D eigenvalue weighted by Gasteiger charge is -2.42. The summed E-state index contributed by atoms with van der Waals surface area (Å²) < 4.78 is 0. The van der Waals surface area contributed by atoms with Crippen LogP contribution in [0.1, 0.15) is 39.5 Å². The summed E-state index contributed by atoms with van der Waals surface area (Å²) in [6.45, 7) is 5.42. The van der Waals surface area contributed by atoms with Gasteiger partial charge in [-0.2, -0.15) is 0 Å². The summed E-state index contributed by atoms with van der Waals surface area (Å²) >= 11 is 0. The van der Waals surface area contributed by atoms with E-state index in [1.807, 2.05) is 0 Å². The number of carboxylic acid groups (broad SMARTS) is 1. The summed E-state index contributed by atoms with van der Waals surface area (Å²) in [6.07, 6.45) is 4.46. The summed E-state index contributed by atoms with van der Waals surface area (Å²) in [5.41, 5.74) is 0. The third kappa shape index (κ3) is 2.17. The van der Waals surface area contributed by atoms with Crippen molar-refractivity contribution in [2.45, 2.75) is 51.6 Å². The van der Waals surface area contributed by atoms with Gasteiger partial charge < -0.3 is 5.11 Å². The van der Waals surface area contributed by atoms with Gasteiger partial charge in [-0.15, -0.1) is 0 Å². The highest BCUT2D eigenvalue weighted by Gasteiger charge is 2.43. The Kier molecular flexibility index (Phi) is 3.01. The first-order chi connectivity index (χ1) is 7.11. The summed E-state index contributed by atoms with van der Waals surface area (Å²) in [5, 5.41) is 9.25. The van der Waals surface area contributed by atoms with E-state index < -0.39 is 5.97 Å². The molecule has 1 heterocycles. The molecule has 2 atom stereocenters. The third-order valence-electron chi connectivity index (χ3n) is 3.74. The van der Waals surface area contributed by atoms with E-state index in [0.717, 1.165) is 19.4 Å². The molecule has 3 heteroatoms. The normalized spacial score (nSPS) is 33.3. The first-order valence-corrected chi connectivity index (χ1v) is 6.10. The minimum Gasteiger partial charge on any atom is -0.481 e. The first-order valence-electron chi connectivity index (χ1n) is 6.10. The van der Waals surface area contributed by atoms with Crippen LogP contribution in [0.25, 0.3) is 0 Å². The number of hydrogen-bond donors (Lipinski definition) is 1. The van der Waals surface area contributed by atoms with Crippen LogP contribution < -0.4 is 0 Å². The van der Waals surface area contributed by atoms with E-state index in [4.69, 9.17) is 0 Å². The lowest BCUT2D eigenvalue weighted by Crippen LogP contribution is -2.51. The largest absolute Gasteiger partial charge is 0.481 e. The minimum absolute atomic E-state index is 0.139. The van der Waals surface area contributed by atoms with Crippen molar-refractivity contribution in [3.8, 4) is 0 Å². The van der Waals surface area contributed by atoms with E-state index in [0.29, 0.717) is 12.0 Å². The van der Waals surface area contributed by atoms with Crippen LogP contribution in [-0.2, 0) is 4.79 Å². The van der Waals surface area contributed by atoms with Crippen LogP contribution in [0.3, 0.4) is 0 Å². The standard InChI is InChI=1S/C12H21NO2/c1-8(2)11-10(12(14)15)4-3-7-13(11)9-5-6-9/h8-11H,3-7H2,1-2H3,(H,14,15)/t10-,11+/m0/s1. The number of nitrogens with zero attached hydrogens (tertiary/aromatic N) is 1. The lowest BCUT2D eigenvalue weighted by atomic mass is 9.82. The van der Waals surface area contributed by atoms with Crippen LogP contribution >= 0.6 is 0 Å².